The van der Waals surface area contributed by atoms with Crippen LogP contribution in [0.15, 0.2) is 65.3 Å². The molecular weight excluding hydrogens is 498 g/mol. The van der Waals surface area contributed by atoms with Crippen LogP contribution in [0.25, 0.3) is 0 Å². The van der Waals surface area contributed by atoms with Crippen LogP contribution in [0, 0.1) is 6.92 Å². The predicted molar refractivity (Wildman–Crippen MR) is 147 cm³/mol. The molecule has 0 spiro atoms. The van der Waals surface area contributed by atoms with Crippen LogP contribution in [0.3, 0.4) is 0 Å². The molecule has 39 heavy (non-hydrogen) atoms. The number of nitrogens with zero attached hydrogens (tertiary/aromatic N) is 3. The lowest BCUT2D eigenvalue weighted by Crippen LogP contribution is -2.47. The molecule has 2 saturated heterocycles. The van der Waals surface area contributed by atoms with E-state index in [1.165, 1.54) is 22.4 Å². The van der Waals surface area contributed by atoms with E-state index in [9.17, 15) is 19.2 Å². The number of hydrogen-bond acceptors (Lipinski definition) is 7. The highest BCUT2D eigenvalue weighted by Gasteiger charge is 2.28. The molecule has 202 valence electrons. The fraction of sp³-hybridized carbons (Fsp3) is 0.310. The van der Waals surface area contributed by atoms with E-state index < -0.39 is 5.91 Å². The van der Waals surface area contributed by atoms with Crippen molar-refractivity contribution >= 4 is 40.7 Å². The van der Waals surface area contributed by atoms with Crippen molar-refractivity contribution in [3.8, 4) is 0 Å². The Bertz CT molecular complexity index is 1360. The average Bonchev–Trinajstić information content (AvgIpc) is 3.60. The summed E-state index contributed by atoms with van der Waals surface area (Å²) in [7, 11) is 0. The minimum absolute atomic E-state index is 0.134. The Morgan fingerprint density at radius 3 is 2.21 bits per heavy atom. The quantitative estimate of drug-likeness (QED) is 0.431. The van der Waals surface area contributed by atoms with Crippen molar-refractivity contribution in [1.82, 2.24) is 10.2 Å². The van der Waals surface area contributed by atoms with Gasteiger partial charge in [0.25, 0.3) is 11.8 Å². The second-order valence-electron chi connectivity index (χ2n) is 9.62. The first kappa shape index (κ1) is 26.0. The molecule has 1 aromatic heterocycles. The second-order valence-corrected chi connectivity index (χ2v) is 9.62. The van der Waals surface area contributed by atoms with Crippen molar-refractivity contribution in [1.29, 1.82) is 0 Å². The van der Waals surface area contributed by atoms with Gasteiger partial charge in [-0.15, -0.1) is 0 Å². The molecule has 2 aromatic carbocycles. The van der Waals surface area contributed by atoms with Gasteiger partial charge in [-0.2, -0.15) is 0 Å². The van der Waals surface area contributed by atoms with Gasteiger partial charge in [0.15, 0.2) is 5.76 Å². The topological polar surface area (TPSA) is 115 Å². The summed E-state index contributed by atoms with van der Waals surface area (Å²) < 4.78 is 5.25. The molecule has 0 bridgehead atoms. The van der Waals surface area contributed by atoms with Gasteiger partial charge in [0.05, 0.1) is 17.6 Å². The van der Waals surface area contributed by atoms with Crippen LogP contribution in [0.4, 0.5) is 17.1 Å². The summed E-state index contributed by atoms with van der Waals surface area (Å²) in [6.45, 7) is 5.48. The number of likely N-dealkylation sites (tertiary alicyclic amines) is 1. The lowest BCUT2D eigenvalue weighted by Gasteiger charge is -2.38. The highest BCUT2D eigenvalue weighted by atomic mass is 16.3. The van der Waals surface area contributed by atoms with Gasteiger partial charge < -0.3 is 24.9 Å². The monoisotopic (exact) mass is 529 g/mol. The van der Waals surface area contributed by atoms with Crippen LogP contribution < -0.4 is 20.4 Å². The van der Waals surface area contributed by atoms with E-state index in [-0.39, 0.29) is 49.4 Å². The van der Waals surface area contributed by atoms with E-state index in [4.69, 9.17) is 4.42 Å². The van der Waals surface area contributed by atoms with Gasteiger partial charge in [0.2, 0.25) is 11.8 Å². The molecular formula is C29H31N5O5. The summed E-state index contributed by atoms with van der Waals surface area (Å²) in [4.78, 5) is 55.1. The first-order valence-electron chi connectivity index (χ1n) is 13.1. The first-order valence-corrected chi connectivity index (χ1v) is 13.1. The van der Waals surface area contributed by atoms with E-state index in [2.05, 4.69) is 39.5 Å². The summed E-state index contributed by atoms with van der Waals surface area (Å²) >= 11 is 0. The number of carbonyl (C=O) groups excluding carboxylic acids is 4. The van der Waals surface area contributed by atoms with Gasteiger partial charge in [0, 0.05) is 63.4 Å². The number of imide groups is 1. The van der Waals surface area contributed by atoms with Crippen molar-refractivity contribution < 1.29 is 23.6 Å². The third-order valence-corrected chi connectivity index (χ3v) is 7.10. The maximum atomic E-state index is 12.9. The van der Waals surface area contributed by atoms with Crippen LogP contribution in [0.1, 0.15) is 39.3 Å². The third-order valence-electron chi connectivity index (χ3n) is 7.10. The van der Waals surface area contributed by atoms with Crippen molar-refractivity contribution in [2.45, 2.75) is 19.8 Å². The lowest BCUT2D eigenvalue weighted by molar-refractivity contribution is -0.138. The number of furan rings is 1. The molecule has 0 unspecified atom stereocenters. The largest absolute Gasteiger partial charge is 0.459 e. The van der Waals surface area contributed by atoms with Gasteiger partial charge >= 0.3 is 0 Å². The average molecular weight is 530 g/mol. The summed E-state index contributed by atoms with van der Waals surface area (Å²) in [6, 6.07) is 16.7. The summed E-state index contributed by atoms with van der Waals surface area (Å²) in [5.41, 5.74) is 4.10. The zero-order valence-electron chi connectivity index (χ0n) is 21.8. The second kappa shape index (κ2) is 11.4. The number of amides is 4. The van der Waals surface area contributed by atoms with Gasteiger partial charge in [-0.3, -0.25) is 24.1 Å². The number of hydrogen-bond donors (Lipinski definition) is 2. The zero-order chi connectivity index (χ0) is 27.4. The Morgan fingerprint density at radius 1 is 0.846 bits per heavy atom. The molecule has 3 aromatic rings. The summed E-state index contributed by atoms with van der Waals surface area (Å²) in [6.07, 6.45) is 1.86. The van der Waals surface area contributed by atoms with E-state index in [0.717, 1.165) is 31.9 Å². The SMILES string of the molecule is Cc1ccccc1N1CCN(c2ccc(C(=O)NCCN3C(=O)CCC3=O)cc2NC(=O)c2ccco2)CC1. The molecule has 3 heterocycles. The minimum atomic E-state index is -0.414. The summed E-state index contributed by atoms with van der Waals surface area (Å²) in [5, 5.41) is 5.67. The summed E-state index contributed by atoms with van der Waals surface area (Å²) in [5.74, 6) is -1.05. The molecule has 0 aliphatic carbocycles. The Kier molecular flexibility index (Phi) is 7.62. The standard InChI is InChI=1S/C29H31N5O5/c1-20-5-2-3-6-23(20)32-14-16-33(17-15-32)24-9-8-21(19-22(24)31-29(38)25-7-4-18-39-25)28(37)30-12-13-34-26(35)10-11-27(34)36/h2-9,18-19H,10-17H2,1H3,(H,30,37)(H,31,38). The van der Waals surface area contributed by atoms with Crippen molar-refractivity contribution in [3.63, 3.8) is 0 Å². The molecule has 2 aliphatic rings. The molecule has 0 saturated carbocycles. The minimum Gasteiger partial charge on any atom is -0.459 e. The molecule has 2 aliphatic heterocycles. The molecule has 4 amide bonds. The maximum absolute atomic E-state index is 12.9. The van der Waals surface area contributed by atoms with Crippen LogP contribution in [-0.2, 0) is 9.59 Å². The van der Waals surface area contributed by atoms with E-state index in [0.29, 0.717) is 11.3 Å². The normalized spacial score (nSPS) is 15.6. The Balaban J connectivity index is 1.30. The highest BCUT2D eigenvalue weighted by molar-refractivity contribution is 6.06. The Hall–Kier alpha value is -4.60. The number of carbonyl (C=O) groups is 4. The molecule has 2 fully saturated rings. The number of nitrogens with one attached hydrogen (secondary N) is 2. The van der Waals surface area contributed by atoms with Crippen LogP contribution in [0.2, 0.25) is 0 Å². The zero-order valence-corrected chi connectivity index (χ0v) is 21.8. The molecule has 10 heteroatoms. The highest BCUT2D eigenvalue weighted by Crippen LogP contribution is 2.30. The van der Waals surface area contributed by atoms with Gasteiger partial charge in [-0.1, -0.05) is 18.2 Å². The van der Waals surface area contributed by atoms with Gasteiger partial charge in [-0.05, 0) is 48.9 Å². The van der Waals surface area contributed by atoms with Crippen molar-refractivity contribution in [2.75, 3.05) is 54.4 Å². The number of aryl methyl sites for hydroxylation is 1. The molecule has 0 atom stereocenters. The van der Waals surface area contributed by atoms with Gasteiger partial charge in [-0.25, -0.2) is 0 Å². The lowest BCUT2D eigenvalue weighted by atomic mass is 10.1. The smallest absolute Gasteiger partial charge is 0.291 e. The predicted octanol–water partition coefficient (Wildman–Crippen LogP) is 3.05. The van der Waals surface area contributed by atoms with Crippen LogP contribution in [0.5, 0.6) is 0 Å². The van der Waals surface area contributed by atoms with Gasteiger partial charge in [0.1, 0.15) is 0 Å². The number of benzene rings is 2. The van der Waals surface area contributed by atoms with E-state index in [1.807, 2.05) is 18.2 Å². The van der Waals surface area contributed by atoms with E-state index in [1.54, 1.807) is 24.3 Å². The van der Waals surface area contributed by atoms with Crippen molar-refractivity contribution in [3.05, 3.63) is 77.7 Å². The molecule has 5 rings (SSSR count). The fourth-order valence-electron chi connectivity index (χ4n) is 5.01. The fourth-order valence-corrected chi connectivity index (χ4v) is 5.01. The van der Waals surface area contributed by atoms with Crippen molar-refractivity contribution in [2.24, 2.45) is 0 Å². The molecule has 10 nitrogen and oxygen atoms in total. The molecule has 0 radical (unpaired) electrons. The number of rotatable bonds is 8. The number of piperazine rings is 1. The Labute approximate surface area is 226 Å². The van der Waals surface area contributed by atoms with E-state index >= 15 is 0 Å². The maximum Gasteiger partial charge on any atom is 0.291 e. The number of anilines is 3. The van der Waals surface area contributed by atoms with Crippen LogP contribution in [-0.4, -0.2) is 67.8 Å². The van der Waals surface area contributed by atoms with Crippen LogP contribution >= 0.6 is 0 Å². The number of para-hydroxylation sites is 1. The first-order chi connectivity index (χ1) is 18.9. The third kappa shape index (κ3) is 5.79. The Morgan fingerprint density at radius 2 is 1.54 bits per heavy atom. The molecule has 2 N–H and O–H groups in total.